The van der Waals surface area contributed by atoms with E-state index in [1.54, 1.807) is 0 Å². The number of nitrogens with two attached hydrogens (primary N) is 1. The molecule has 3 rings (SSSR count). The summed E-state index contributed by atoms with van der Waals surface area (Å²) in [7, 11) is 0. The monoisotopic (exact) mass is 304 g/mol. The summed E-state index contributed by atoms with van der Waals surface area (Å²) in [4.78, 5) is 4.86. The molecule has 1 aliphatic carbocycles. The molecule has 1 aliphatic rings. The summed E-state index contributed by atoms with van der Waals surface area (Å²) in [6.45, 7) is 2.10. The number of nitrogens with zero attached hydrogens (tertiary/aromatic N) is 1. The molecule has 1 heterocycles. The van der Waals surface area contributed by atoms with Crippen LogP contribution in [0.4, 0.5) is 5.69 Å². The Labute approximate surface area is 116 Å². The molecule has 0 unspecified atom stereocenters. The lowest BCUT2D eigenvalue weighted by molar-refractivity contribution is 0.701. The van der Waals surface area contributed by atoms with Gasteiger partial charge in [-0.2, -0.15) is 0 Å². The average molecular weight is 305 g/mol. The van der Waals surface area contributed by atoms with Gasteiger partial charge in [0.15, 0.2) is 0 Å². The molecule has 2 N–H and O–H groups in total. The van der Waals surface area contributed by atoms with Crippen molar-refractivity contribution in [3.05, 3.63) is 33.9 Å². The van der Waals surface area contributed by atoms with Crippen LogP contribution in [-0.4, -0.2) is 4.98 Å². The first kappa shape index (κ1) is 12.0. The number of hydrogen-bond donors (Lipinski definition) is 1. The van der Waals surface area contributed by atoms with E-state index in [1.165, 1.54) is 36.9 Å². The van der Waals surface area contributed by atoms with E-state index in [1.807, 2.05) is 0 Å². The zero-order valence-corrected chi connectivity index (χ0v) is 12.1. The van der Waals surface area contributed by atoms with Crippen LogP contribution < -0.4 is 5.73 Å². The Balaban J connectivity index is 2.20. The standard InChI is InChI=1S/C15H17BrN2/c1-9-6-11(16)7-12-13(17)8-14(18-15(9)12)10-4-2-3-5-10/h6-8,10H,2-5H2,1H3,(H2,17,18). The SMILES string of the molecule is Cc1cc(Br)cc2c(N)cc(C3CCCC3)nc12. The molecule has 2 aromatic rings. The fourth-order valence-corrected chi connectivity index (χ4v) is 3.51. The zero-order valence-electron chi connectivity index (χ0n) is 10.5. The molecule has 0 spiro atoms. The number of nitrogen functional groups attached to an aromatic ring is 1. The van der Waals surface area contributed by atoms with E-state index in [-0.39, 0.29) is 0 Å². The van der Waals surface area contributed by atoms with Gasteiger partial charge in [0.05, 0.1) is 5.52 Å². The Kier molecular flexibility index (Phi) is 3.02. The summed E-state index contributed by atoms with van der Waals surface area (Å²) in [5.74, 6) is 0.611. The van der Waals surface area contributed by atoms with Crippen molar-refractivity contribution in [1.82, 2.24) is 4.98 Å². The first-order valence-corrected chi connectivity index (χ1v) is 7.31. The Morgan fingerprint density at radius 3 is 2.67 bits per heavy atom. The molecule has 0 aliphatic heterocycles. The minimum Gasteiger partial charge on any atom is -0.398 e. The minimum atomic E-state index is 0.611. The second-order valence-corrected chi connectivity index (χ2v) is 6.15. The number of halogens is 1. The van der Waals surface area contributed by atoms with Crippen LogP contribution in [0.1, 0.15) is 42.9 Å². The van der Waals surface area contributed by atoms with Gasteiger partial charge in [0.25, 0.3) is 0 Å². The Hall–Kier alpha value is -1.09. The number of fused-ring (bicyclic) bond motifs is 1. The molecular weight excluding hydrogens is 288 g/mol. The van der Waals surface area contributed by atoms with Gasteiger partial charge in [-0.1, -0.05) is 28.8 Å². The normalized spacial score (nSPS) is 16.6. The molecule has 18 heavy (non-hydrogen) atoms. The maximum Gasteiger partial charge on any atom is 0.0756 e. The third-order valence-electron chi connectivity index (χ3n) is 3.89. The van der Waals surface area contributed by atoms with Gasteiger partial charge in [0.1, 0.15) is 0 Å². The highest BCUT2D eigenvalue weighted by Crippen LogP contribution is 2.36. The molecule has 1 aromatic carbocycles. The van der Waals surface area contributed by atoms with Crippen molar-refractivity contribution < 1.29 is 0 Å². The minimum absolute atomic E-state index is 0.611. The Morgan fingerprint density at radius 1 is 1.22 bits per heavy atom. The maximum atomic E-state index is 6.20. The highest BCUT2D eigenvalue weighted by atomic mass is 79.9. The lowest BCUT2D eigenvalue weighted by Crippen LogP contribution is -2.01. The van der Waals surface area contributed by atoms with Crippen molar-refractivity contribution in [1.29, 1.82) is 0 Å². The van der Waals surface area contributed by atoms with Crippen molar-refractivity contribution in [2.24, 2.45) is 0 Å². The van der Waals surface area contributed by atoms with Gasteiger partial charge in [-0.25, -0.2) is 0 Å². The summed E-state index contributed by atoms with van der Waals surface area (Å²) in [5, 5.41) is 1.06. The van der Waals surface area contributed by atoms with Crippen molar-refractivity contribution in [3.8, 4) is 0 Å². The molecule has 0 amide bonds. The highest BCUT2D eigenvalue weighted by molar-refractivity contribution is 9.10. The molecule has 0 saturated heterocycles. The fraction of sp³-hybridized carbons (Fsp3) is 0.400. The molecule has 94 valence electrons. The number of aromatic nitrogens is 1. The number of pyridine rings is 1. The third-order valence-corrected chi connectivity index (χ3v) is 4.35. The first-order chi connectivity index (χ1) is 8.65. The van der Waals surface area contributed by atoms with E-state index in [0.29, 0.717) is 5.92 Å². The molecule has 0 atom stereocenters. The van der Waals surface area contributed by atoms with Crippen molar-refractivity contribution >= 4 is 32.5 Å². The van der Waals surface area contributed by atoms with Crippen molar-refractivity contribution in [2.75, 3.05) is 5.73 Å². The molecule has 1 aromatic heterocycles. The average Bonchev–Trinajstić information content (AvgIpc) is 2.83. The van der Waals surface area contributed by atoms with E-state index in [9.17, 15) is 0 Å². The summed E-state index contributed by atoms with van der Waals surface area (Å²) >= 11 is 3.52. The summed E-state index contributed by atoms with van der Waals surface area (Å²) in [6, 6.07) is 6.24. The topological polar surface area (TPSA) is 38.9 Å². The van der Waals surface area contributed by atoms with Crippen LogP contribution in [0.5, 0.6) is 0 Å². The Bertz CT molecular complexity index is 601. The van der Waals surface area contributed by atoms with E-state index in [0.717, 1.165) is 21.1 Å². The molecular formula is C15H17BrN2. The number of aryl methyl sites for hydroxylation is 1. The van der Waals surface area contributed by atoms with Gasteiger partial charge in [-0.3, -0.25) is 4.98 Å². The molecule has 3 heteroatoms. The second kappa shape index (κ2) is 4.54. The number of hydrogen-bond acceptors (Lipinski definition) is 2. The second-order valence-electron chi connectivity index (χ2n) is 5.24. The lowest BCUT2D eigenvalue weighted by Gasteiger charge is -2.13. The van der Waals surface area contributed by atoms with Gasteiger partial charge < -0.3 is 5.73 Å². The van der Waals surface area contributed by atoms with E-state index >= 15 is 0 Å². The van der Waals surface area contributed by atoms with Gasteiger partial charge >= 0.3 is 0 Å². The zero-order chi connectivity index (χ0) is 12.7. The van der Waals surface area contributed by atoms with Crippen molar-refractivity contribution in [2.45, 2.75) is 38.5 Å². The van der Waals surface area contributed by atoms with Gasteiger partial charge in [0.2, 0.25) is 0 Å². The predicted molar refractivity (Wildman–Crippen MR) is 79.8 cm³/mol. The summed E-state index contributed by atoms with van der Waals surface area (Å²) in [6.07, 6.45) is 5.16. The lowest BCUT2D eigenvalue weighted by atomic mass is 10.0. The number of benzene rings is 1. The molecule has 2 nitrogen and oxygen atoms in total. The molecule has 1 fully saturated rings. The predicted octanol–water partition coefficient (Wildman–Crippen LogP) is 4.55. The molecule has 1 saturated carbocycles. The smallest absolute Gasteiger partial charge is 0.0756 e. The highest BCUT2D eigenvalue weighted by Gasteiger charge is 2.19. The van der Waals surface area contributed by atoms with E-state index in [4.69, 9.17) is 10.7 Å². The van der Waals surface area contributed by atoms with E-state index < -0.39 is 0 Å². The molecule has 0 bridgehead atoms. The quantitative estimate of drug-likeness (QED) is 0.839. The van der Waals surface area contributed by atoms with Crippen LogP contribution in [0.15, 0.2) is 22.7 Å². The van der Waals surface area contributed by atoms with Crippen LogP contribution in [0.2, 0.25) is 0 Å². The van der Waals surface area contributed by atoms with Crippen molar-refractivity contribution in [3.63, 3.8) is 0 Å². The van der Waals surface area contributed by atoms with Crippen LogP contribution in [0.3, 0.4) is 0 Å². The molecule has 0 radical (unpaired) electrons. The van der Waals surface area contributed by atoms with Crippen LogP contribution in [0, 0.1) is 6.92 Å². The van der Waals surface area contributed by atoms with Gasteiger partial charge in [-0.05, 0) is 43.5 Å². The Morgan fingerprint density at radius 2 is 1.94 bits per heavy atom. The van der Waals surface area contributed by atoms with Crippen LogP contribution in [0.25, 0.3) is 10.9 Å². The fourth-order valence-electron chi connectivity index (χ4n) is 2.93. The van der Waals surface area contributed by atoms with Gasteiger partial charge in [-0.15, -0.1) is 0 Å². The van der Waals surface area contributed by atoms with Crippen LogP contribution in [-0.2, 0) is 0 Å². The van der Waals surface area contributed by atoms with Gasteiger partial charge in [0, 0.05) is 27.2 Å². The van der Waals surface area contributed by atoms with Crippen LogP contribution >= 0.6 is 15.9 Å². The summed E-state index contributed by atoms with van der Waals surface area (Å²) in [5.41, 5.74) is 10.5. The summed E-state index contributed by atoms with van der Waals surface area (Å²) < 4.78 is 1.06. The number of anilines is 1. The number of rotatable bonds is 1. The maximum absolute atomic E-state index is 6.20. The largest absolute Gasteiger partial charge is 0.398 e. The third kappa shape index (κ3) is 2.01. The first-order valence-electron chi connectivity index (χ1n) is 6.51. The van der Waals surface area contributed by atoms with E-state index in [2.05, 4.69) is 41.1 Å².